The van der Waals surface area contributed by atoms with E-state index in [9.17, 15) is 9.59 Å². The van der Waals surface area contributed by atoms with Crippen molar-refractivity contribution in [2.24, 2.45) is 0 Å². The average Bonchev–Trinajstić information content (AvgIpc) is 2.97. The monoisotopic (exact) mass is 356 g/mol. The molecule has 0 unspecified atom stereocenters. The summed E-state index contributed by atoms with van der Waals surface area (Å²) in [6, 6.07) is 9.54. The quantitative estimate of drug-likeness (QED) is 0.521. The molecule has 1 aromatic carbocycles. The van der Waals surface area contributed by atoms with E-state index in [1.165, 1.54) is 21.8 Å². The fraction of sp³-hybridized carbons (Fsp3) is 0.167. The number of nitrogens with one attached hydrogen (secondary N) is 1. The van der Waals surface area contributed by atoms with Crippen LogP contribution in [-0.4, -0.2) is 16.9 Å². The number of hydrogen-bond acceptors (Lipinski definition) is 4. The average molecular weight is 356 g/mol. The Hall–Kier alpha value is -2.31. The number of thiophene rings is 1. The Morgan fingerprint density at radius 2 is 1.92 bits per heavy atom. The standard InChI is InChI=1S/C18H16N2O2S2/c1-3-12-4-6-13(7-5-12)20-17(22)14(16(21)19-18(20)23)10-15-11(2)8-9-24-15/h4-10H,3H2,1-2H3,(H,19,21,23)/b14-10+. The van der Waals surface area contributed by atoms with Gasteiger partial charge in [-0.2, -0.15) is 0 Å². The molecule has 0 saturated carbocycles. The van der Waals surface area contributed by atoms with Crippen molar-refractivity contribution < 1.29 is 9.59 Å². The summed E-state index contributed by atoms with van der Waals surface area (Å²) in [5.74, 6) is -0.861. The molecular formula is C18H16N2O2S2. The van der Waals surface area contributed by atoms with E-state index in [2.05, 4.69) is 12.2 Å². The largest absolute Gasteiger partial charge is 0.298 e. The number of thiocarbonyl (C=S) groups is 1. The minimum absolute atomic E-state index is 0.0914. The van der Waals surface area contributed by atoms with Crippen molar-refractivity contribution >= 4 is 52.2 Å². The molecule has 24 heavy (non-hydrogen) atoms. The van der Waals surface area contributed by atoms with Crippen molar-refractivity contribution in [3.8, 4) is 0 Å². The number of anilines is 1. The Labute approximate surface area is 149 Å². The Bertz CT molecular complexity index is 850. The van der Waals surface area contributed by atoms with Crippen LogP contribution in [0.5, 0.6) is 0 Å². The maximum Gasteiger partial charge on any atom is 0.270 e. The number of carbonyl (C=O) groups is 2. The first-order valence-corrected chi connectivity index (χ1v) is 8.84. The molecule has 122 valence electrons. The number of rotatable bonds is 3. The highest BCUT2D eigenvalue weighted by molar-refractivity contribution is 7.80. The van der Waals surface area contributed by atoms with Gasteiger partial charge in [-0.25, -0.2) is 0 Å². The second-order valence-electron chi connectivity index (χ2n) is 5.45. The van der Waals surface area contributed by atoms with E-state index in [0.717, 1.165) is 16.9 Å². The van der Waals surface area contributed by atoms with Gasteiger partial charge in [-0.05, 0) is 66.3 Å². The smallest absolute Gasteiger partial charge is 0.270 e. The lowest BCUT2D eigenvalue weighted by Gasteiger charge is -2.29. The third kappa shape index (κ3) is 3.02. The topological polar surface area (TPSA) is 49.4 Å². The molecule has 1 aromatic heterocycles. The molecular weight excluding hydrogens is 340 g/mol. The lowest BCUT2D eigenvalue weighted by Crippen LogP contribution is -2.54. The van der Waals surface area contributed by atoms with Crippen molar-refractivity contribution in [1.29, 1.82) is 0 Å². The number of aryl methyl sites for hydroxylation is 2. The van der Waals surface area contributed by atoms with Crippen LogP contribution in [0.25, 0.3) is 6.08 Å². The van der Waals surface area contributed by atoms with E-state index in [1.54, 1.807) is 6.08 Å². The van der Waals surface area contributed by atoms with Gasteiger partial charge in [-0.3, -0.25) is 19.8 Å². The van der Waals surface area contributed by atoms with Gasteiger partial charge in [0.25, 0.3) is 11.8 Å². The van der Waals surface area contributed by atoms with Gasteiger partial charge < -0.3 is 0 Å². The molecule has 0 spiro atoms. The zero-order valence-corrected chi connectivity index (χ0v) is 15.0. The van der Waals surface area contributed by atoms with Crippen LogP contribution in [0.1, 0.15) is 22.9 Å². The van der Waals surface area contributed by atoms with Gasteiger partial charge in [0, 0.05) is 4.88 Å². The molecule has 1 fully saturated rings. The number of amides is 2. The minimum atomic E-state index is -0.459. The third-order valence-electron chi connectivity index (χ3n) is 3.88. The summed E-state index contributed by atoms with van der Waals surface area (Å²) in [5, 5.41) is 4.64. The molecule has 6 heteroatoms. The molecule has 0 radical (unpaired) electrons. The maximum absolute atomic E-state index is 12.9. The summed E-state index contributed by atoms with van der Waals surface area (Å²) in [6.07, 6.45) is 2.55. The van der Waals surface area contributed by atoms with Gasteiger partial charge in [-0.15, -0.1) is 11.3 Å². The lowest BCUT2D eigenvalue weighted by atomic mass is 10.1. The lowest BCUT2D eigenvalue weighted by molar-refractivity contribution is -0.122. The summed E-state index contributed by atoms with van der Waals surface area (Å²) in [4.78, 5) is 27.3. The van der Waals surface area contributed by atoms with Crippen molar-refractivity contribution in [1.82, 2.24) is 5.32 Å². The number of nitrogens with zero attached hydrogens (tertiary/aromatic N) is 1. The first kappa shape index (κ1) is 16.5. The SMILES string of the molecule is CCc1ccc(N2C(=O)/C(=C/c3sccc3C)C(=O)NC2=S)cc1. The van der Waals surface area contributed by atoms with Crippen LogP contribution in [0.15, 0.2) is 41.3 Å². The molecule has 1 N–H and O–H groups in total. The van der Waals surface area contributed by atoms with Gasteiger partial charge in [0.1, 0.15) is 5.57 Å². The Morgan fingerprint density at radius 3 is 2.50 bits per heavy atom. The molecule has 1 aliphatic rings. The predicted octanol–water partition coefficient (Wildman–Crippen LogP) is 3.45. The highest BCUT2D eigenvalue weighted by Gasteiger charge is 2.34. The number of hydrogen-bond donors (Lipinski definition) is 1. The number of benzene rings is 1. The van der Waals surface area contributed by atoms with Crippen molar-refractivity contribution in [3.05, 3.63) is 57.3 Å². The normalized spacial score (nSPS) is 16.7. The van der Waals surface area contributed by atoms with E-state index in [4.69, 9.17) is 12.2 Å². The van der Waals surface area contributed by atoms with Crippen molar-refractivity contribution in [3.63, 3.8) is 0 Å². The second-order valence-corrected chi connectivity index (χ2v) is 6.78. The van der Waals surface area contributed by atoms with Gasteiger partial charge in [0.05, 0.1) is 5.69 Å². The molecule has 1 aliphatic heterocycles. The maximum atomic E-state index is 12.9. The van der Waals surface area contributed by atoms with Gasteiger partial charge in [0.2, 0.25) is 0 Å². The van der Waals surface area contributed by atoms with Gasteiger partial charge >= 0.3 is 0 Å². The summed E-state index contributed by atoms with van der Waals surface area (Å²) in [5.41, 5.74) is 2.94. The van der Waals surface area contributed by atoms with E-state index in [1.807, 2.05) is 42.6 Å². The molecule has 0 bridgehead atoms. The minimum Gasteiger partial charge on any atom is -0.298 e. The van der Waals surface area contributed by atoms with Crippen LogP contribution in [0.4, 0.5) is 5.69 Å². The van der Waals surface area contributed by atoms with Crippen LogP contribution in [0.2, 0.25) is 0 Å². The zero-order valence-electron chi connectivity index (χ0n) is 13.3. The van der Waals surface area contributed by atoms with Crippen LogP contribution < -0.4 is 10.2 Å². The van der Waals surface area contributed by atoms with Gasteiger partial charge in [-0.1, -0.05) is 19.1 Å². The van der Waals surface area contributed by atoms with Crippen LogP contribution in [0, 0.1) is 6.92 Å². The highest BCUT2D eigenvalue weighted by Crippen LogP contribution is 2.25. The fourth-order valence-corrected chi connectivity index (χ4v) is 3.58. The second kappa shape index (κ2) is 6.67. The van der Waals surface area contributed by atoms with Crippen LogP contribution >= 0.6 is 23.6 Å². The Kier molecular flexibility index (Phi) is 4.59. The predicted molar refractivity (Wildman–Crippen MR) is 101 cm³/mol. The van der Waals surface area contributed by atoms with E-state index >= 15 is 0 Å². The zero-order chi connectivity index (χ0) is 17.3. The molecule has 2 aromatic rings. The molecule has 2 amide bonds. The van der Waals surface area contributed by atoms with Gasteiger partial charge in [0.15, 0.2) is 5.11 Å². The molecule has 1 saturated heterocycles. The summed E-state index contributed by atoms with van der Waals surface area (Å²) in [6.45, 7) is 4.01. The summed E-state index contributed by atoms with van der Waals surface area (Å²) in [7, 11) is 0. The van der Waals surface area contributed by atoms with Crippen molar-refractivity contribution in [2.45, 2.75) is 20.3 Å². The van der Waals surface area contributed by atoms with Crippen molar-refractivity contribution in [2.75, 3.05) is 4.90 Å². The van der Waals surface area contributed by atoms with E-state index in [-0.39, 0.29) is 10.7 Å². The molecule has 0 atom stereocenters. The molecule has 3 rings (SSSR count). The Morgan fingerprint density at radius 1 is 1.21 bits per heavy atom. The third-order valence-corrected chi connectivity index (χ3v) is 5.13. The fourth-order valence-electron chi connectivity index (χ4n) is 2.44. The Balaban J connectivity index is 1.99. The first-order chi connectivity index (χ1) is 11.5. The summed E-state index contributed by atoms with van der Waals surface area (Å²) >= 11 is 6.69. The van der Waals surface area contributed by atoms with Crippen LogP contribution in [0.3, 0.4) is 0 Å². The molecule has 4 nitrogen and oxygen atoms in total. The highest BCUT2D eigenvalue weighted by atomic mass is 32.1. The first-order valence-electron chi connectivity index (χ1n) is 7.55. The summed E-state index contributed by atoms with van der Waals surface area (Å²) < 4.78 is 0. The van der Waals surface area contributed by atoms with E-state index < -0.39 is 11.8 Å². The van der Waals surface area contributed by atoms with Crippen LogP contribution in [-0.2, 0) is 16.0 Å². The van der Waals surface area contributed by atoms with E-state index in [0.29, 0.717) is 5.69 Å². The molecule has 2 heterocycles. The number of carbonyl (C=O) groups excluding carboxylic acids is 2. The molecule has 0 aliphatic carbocycles.